The van der Waals surface area contributed by atoms with Gasteiger partial charge in [0.15, 0.2) is 0 Å². The minimum Gasteiger partial charge on any atom is -0.374 e. The summed E-state index contributed by atoms with van der Waals surface area (Å²) in [7, 11) is 0. The van der Waals surface area contributed by atoms with Crippen LogP contribution in [0.1, 0.15) is 27.2 Å². The van der Waals surface area contributed by atoms with Crippen molar-refractivity contribution in [3.05, 3.63) is 10.6 Å². The van der Waals surface area contributed by atoms with Crippen molar-refractivity contribution in [1.82, 2.24) is 10.2 Å². The van der Waals surface area contributed by atoms with Crippen molar-refractivity contribution in [3.63, 3.8) is 0 Å². The van der Waals surface area contributed by atoms with Crippen LogP contribution < -0.4 is 5.32 Å². The van der Waals surface area contributed by atoms with E-state index in [1.165, 1.54) is 0 Å². The van der Waals surface area contributed by atoms with Gasteiger partial charge >= 0.3 is 6.03 Å². The Morgan fingerprint density at radius 1 is 1.65 bits per heavy atom. The molecule has 0 bridgehead atoms. The topological polar surface area (TPSA) is 41.6 Å². The molecular formula is C12H21BrN2O2. The summed E-state index contributed by atoms with van der Waals surface area (Å²) >= 11 is 3.43. The summed E-state index contributed by atoms with van der Waals surface area (Å²) in [6.07, 6.45) is 3.01. The van der Waals surface area contributed by atoms with Crippen LogP contribution in [0.4, 0.5) is 4.79 Å². The molecule has 1 aliphatic heterocycles. The zero-order chi connectivity index (χ0) is 12.9. The molecule has 5 heteroatoms. The van der Waals surface area contributed by atoms with Gasteiger partial charge in [-0.2, -0.15) is 0 Å². The number of amides is 2. The van der Waals surface area contributed by atoms with E-state index in [1.54, 1.807) is 4.90 Å². The lowest BCUT2D eigenvalue weighted by Gasteiger charge is -2.29. The van der Waals surface area contributed by atoms with E-state index in [0.29, 0.717) is 19.7 Å². The minimum atomic E-state index is -0.312. The van der Waals surface area contributed by atoms with Crippen LogP contribution in [0.3, 0.4) is 0 Å². The highest BCUT2D eigenvalue weighted by Gasteiger charge is 2.22. The van der Waals surface area contributed by atoms with Gasteiger partial charge in [0, 0.05) is 24.2 Å². The summed E-state index contributed by atoms with van der Waals surface area (Å²) in [5.41, 5.74) is -0.312. The molecule has 0 aromatic carbocycles. The number of ether oxygens (including phenoxy) is 1. The van der Waals surface area contributed by atoms with Crippen LogP contribution in [0.25, 0.3) is 0 Å². The Hall–Kier alpha value is -0.550. The molecule has 2 amide bonds. The molecular weight excluding hydrogens is 284 g/mol. The lowest BCUT2D eigenvalue weighted by atomic mass is 10.1. The highest BCUT2D eigenvalue weighted by molar-refractivity contribution is 9.11. The summed E-state index contributed by atoms with van der Waals surface area (Å²) < 4.78 is 6.61. The van der Waals surface area contributed by atoms with Gasteiger partial charge in [0.2, 0.25) is 0 Å². The average Bonchev–Trinajstić information content (AvgIpc) is 2.26. The second kappa shape index (κ2) is 6.40. The van der Waals surface area contributed by atoms with Gasteiger partial charge in [-0.05, 0) is 27.2 Å². The van der Waals surface area contributed by atoms with E-state index in [9.17, 15) is 4.79 Å². The molecule has 0 aliphatic carbocycles. The first-order valence-electron chi connectivity index (χ1n) is 5.96. The van der Waals surface area contributed by atoms with E-state index in [0.717, 1.165) is 17.4 Å². The lowest BCUT2D eigenvalue weighted by molar-refractivity contribution is -0.00758. The predicted octanol–water partition coefficient (Wildman–Crippen LogP) is 2.50. The van der Waals surface area contributed by atoms with Gasteiger partial charge < -0.3 is 15.0 Å². The fraction of sp³-hybridized carbons (Fsp3) is 0.750. The number of nitrogens with one attached hydrogen (secondary N) is 1. The van der Waals surface area contributed by atoms with Gasteiger partial charge in [0.25, 0.3) is 0 Å². The molecule has 1 N–H and O–H groups in total. The van der Waals surface area contributed by atoms with Crippen LogP contribution >= 0.6 is 15.9 Å². The molecule has 0 aromatic rings. The quantitative estimate of drug-likeness (QED) is 0.867. The summed E-state index contributed by atoms with van der Waals surface area (Å²) in [5, 5.41) is 2.91. The Kier molecular flexibility index (Phi) is 5.46. The molecule has 98 valence electrons. The first-order valence-corrected chi connectivity index (χ1v) is 6.75. The van der Waals surface area contributed by atoms with Crippen molar-refractivity contribution in [2.45, 2.75) is 32.8 Å². The largest absolute Gasteiger partial charge is 0.374 e. The second-order valence-corrected chi connectivity index (χ2v) is 5.73. The fourth-order valence-corrected chi connectivity index (χ4v) is 2.25. The molecule has 0 spiro atoms. The number of nitrogens with zero attached hydrogens (tertiary/aromatic N) is 1. The van der Waals surface area contributed by atoms with Gasteiger partial charge in [-0.15, -0.1) is 0 Å². The number of hydrogen-bond donors (Lipinski definition) is 1. The highest BCUT2D eigenvalue weighted by atomic mass is 79.9. The number of halogens is 1. The van der Waals surface area contributed by atoms with Crippen LogP contribution in [0.2, 0.25) is 0 Å². The van der Waals surface area contributed by atoms with Crippen molar-refractivity contribution in [2.24, 2.45) is 0 Å². The number of urea groups is 1. The van der Waals surface area contributed by atoms with E-state index in [-0.39, 0.29) is 11.6 Å². The molecule has 1 heterocycles. The van der Waals surface area contributed by atoms with Gasteiger partial charge in [-0.25, -0.2) is 4.79 Å². The number of carbonyl (C=O) groups excluding carboxylic acids is 1. The fourth-order valence-electron chi connectivity index (χ4n) is 1.72. The molecule has 0 radical (unpaired) electrons. The normalized spacial score (nSPS) is 16.7. The summed E-state index contributed by atoms with van der Waals surface area (Å²) in [4.78, 5) is 13.7. The smallest absolute Gasteiger partial charge is 0.317 e. The predicted molar refractivity (Wildman–Crippen MR) is 72.3 cm³/mol. The van der Waals surface area contributed by atoms with Gasteiger partial charge in [0.05, 0.1) is 12.1 Å². The van der Waals surface area contributed by atoms with E-state index < -0.39 is 0 Å². The summed E-state index contributed by atoms with van der Waals surface area (Å²) in [5.74, 6) is 0. The van der Waals surface area contributed by atoms with Gasteiger partial charge in [0.1, 0.15) is 0 Å². The van der Waals surface area contributed by atoms with Crippen LogP contribution in [-0.4, -0.2) is 42.8 Å². The first-order chi connectivity index (χ1) is 7.94. The second-order valence-electron chi connectivity index (χ2n) is 4.71. The lowest BCUT2D eigenvalue weighted by Crippen LogP contribution is -2.47. The van der Waals surface area contributed by atoms with Crippen molar-refractivity contribution in [3.8, 4) is 0 Å². The van der Waals surface area contributed by atoms with Crippen LogP contribution in [0.5, 0.6) is 0 Å². The SMILES string of the molecule is CCOC(C)(C)CNC(=O)N1CCC=C(Br)C1. The zero-order valence-corrected chi connectivity index (χ0v) is 12.3. The van der Waals surface area contributed by atoms with Crippen LogP contribution in [0.15, 0.2) is 10.6 Å². The molecule has 1 rings (SSSR count). The van der Waals surface area contributed by atoms with Crippen LogP contribution in [-0.2, 0) is 4.74 Å². The number of carbonyl (C=O) groups is 1. The van der Waals surface area contributed by atoms with Crippen molar-refractivity contribution in [1.29, 1.82) is 0 Å². The third-order valence-corrected chi connectivity index (χ3v) is 3.17. The molecule has 0 unspecified atom stereocenters. The van der Waals surface area contributed by atoms with Crippen molar-refractivity contribution < 1.29 is 9.53 Å². The third kappa shape index (κ3) is 5.08. The van der Waals surface area contributed by atoms with E-state index >= 15 is 0 Å². The van der Waals surface area contributed by atoms with Crippen molar-refractivity contribution >= 4 is 22.0 Å². The Labute approximate surface area is 112 Å². The maximum Gasteiger partial charge on any atom is 0.317 e. The maximum absolute atomic E-state index is 11.9. The van der Waals surface area contributed by atoms with E-state index in [4.69, 9.17) is 4.74 Å². The first kappa shape index (κ1) is 14.5. The number of hydrogen-bond acceptors (Lipinski definition) is 2. The monoisotopic (exact) mass is 304 g/mol. The van der Waals surface area contributed by atoms with E-state index in [1.807, 2.05) is 20.8 Å². The van der Waals surface area contributed by atoms with Crippen LogP contribution in [0, 0.1) is 0 Å². The average molecular weight is 305 g/mol. The van der Waals surface area contributed by atoms with Crippen molar-refractivity contribution in [2.75, 3.05) is 26.2 Å². The Balaban J connectivity index is 2.37. The molecule has 0 saturated heterocycles. The molecule has 17 heavy (non-hydrogen) atoms. The molecule has 0 saturated carbocycles. The molecule has 1 aliphatic rings. The molecule has 4 nitrogen and oxygen atoms in total. The Bertz CT molecular complexity index is 303. The number of rotatable bonds is 4. The molecule has 0 fully saturated rings. The van der Waals surface area contributed by atoms with E-state index in [2.05, 4.69) is 27.3 Å². The molecule has 0 aromatic heterocycles. The minimum absolute atomic E-state index is 0.0252. The zero-order valence-electron chi connectivity index (χ0n) is 10.8. The Morgan fingerprint density at radius 2 is 2.35 bits per heavy atom. The van der Waals surface area contributed by atoms with Gasteiger partial charge in [-0.3, -0.25) is 0 Å². The standard InChI is InChI=1S/C12H21BrN2O2/c1-4-17-12(2,3)9-14-11(16)15-7-5-6-10(13)8-15/h6H,4-5,7-9H2,1-3H3,(H,14,16). The summed E-state index contributed by atoms with van der Waals surface area (Å²) in [6.45, 7) is 8.51. The van der Waals surface area contributed by atoms with Gasteiger partial charge in [-0.1, -0.05) is 22.0 Å². The maximum atomic E-state index is 11.9. The third-order valence-electron chi connectivity index (χ3n) is 2.59. The Morgan fingerprint density at radius 3 is 2.94 bits per heavy atom. The summed E-state index contributed by atoms with van der Waals surface area (Å²) in [6, 6.07) is -0.0252. The molecule has 0 atom stereocenters. The highest BCUT2D eigenvalue weighted by Crippen LogP contribution is 2.15.